The number of methoxy groups -OCH3 is 1. The smallest absolute Gasteiger partial charge is 0.414 e. The predicted octanol–water partition coefficient (Wildman–Crippen LogP) is 6.14. The maximum absolute atomic E-state index is 12.9. The van der Waals surface area contributed by atoms with E-state index in [1.807, 2.05) is 76.4 Å². The number of hydrogen-bond donors (Lipinski definition) is 0. The van der Waals surface area contributed by atoms with Gasteiger partial charge in [-0.1, -0.05) is 18.2 Å². The molecule has 0 fully saturated rings. The van der Waals surface area contributed by atoms with Gasteiger partial charge in [-0.15, -0.1) is 11.8 Å². The van der Waals surface area contributed by atoms with Crippen LogP contribution < -0.4 is 9.64 Å². The Labute approximate surface area is 199 Å². The lowest BCUT2D eigenvalue weighted by molar-refractivity contribution is -0.136. The van der Waals surface area contributed by atoms with Gasteiger partial charge in [0.2, 0.25) is 0 Å². The predicted molar refractivity (Wildman–Crippen MR) is 134 cm³/mol. The summed E-state index contributed by atoms with van der Waals surface area (Å²) in [5.41, 5.74) is 3.38. The Morgan fingerprint density at radius 1 is 1.06 bits per heavy atom. The maximum Gasteiger partial charge on any atom is 0.414 e. The van der Waals surface area contributed by atoms with Gasteiger partial charge in [0, 0.05) is 12.1 Å². The molecule has 6 nitrogen and oxygen atoms in total. The van der Waals surface area contributed by atoms with Gasteiger partial charge in [0.25, 0.3) is 0 Å². The summed E-state index contributed by atoms with van der Waals surface area (Å²) >= 11 is 1.64. The summed E-state index contributed by atoms with van der Waals surface area (Å²) in [5, 5.41) is 0. The zero-order valence-electron chi connectivity index (χ0n) is 20.0. The van der Waals surface area contributed by atoms with E-state index in [9.17, 15) is 9.59 Å². The molecule has 0 N–H and O–H groups in total. The Morgan fingerprint density at radius 3 is 2.33 bits per heavy atom. The lowest BCUT2D eigenvalue weighted by atomic mass is 10.0. The fourth-order valence-electron chi connectivity index (χ4n) is 3.47. The van der Waals surface area contributed by atoms with E-state index in [2.05, 4.69) is 0 Å². The van der Waals surface area contributed by atoms with Crippen LogP contribution in [-0.2, 0) is 14.3 Å². The average Bonchev–Trinajstić information content (AvgIpc) is 2.97. The van der Waals surface area contributed by atoms with Crippen LogP contribution in [0.1, 0.15) is 39.7 Å². The van der Waals surface area contributed by atoms with Crippen molar-refractivity contribution in [3.63, 3.8) is 0 Å². The number of anilines is 1. The van der Waals surface area contributed by atoms with Crippen molar-refractivity contribution >= 4 is 35.6 Å². The van der Waals surface area contributed by atoms with Crippen LogP contribution in [0.5, 0.6) is 5.75 Å². The number of rotatable bonds is 5. The van der Waals surface area contributed by atoms with Crippen molar-refractivity contribution in [3.8, 4) is 16.9 Å². The van der Waals surface area contributed by atoms with Gasteiger partial charge in [-0.2, -0.15) is 0 Å². The molecule has 0 bridgehead atoms. The fraction of sp³-hybridized carbons (Fsp3) is 0.385. The number of esters is 1. The molecule has 33 heavy (non-hydrogen) atoms. The van der Waals surface area contributed by atoms with Crippen molar-refractivity contribution in [2.24, 2.45) is 0 Å². The SMILES string of the molecule is COC(=O)C1=Cc2cc(-c3ccc(OC(C)SC)cc3)ccc2N(C(=O)OC(C)(C)C)CC1. The van der Waals surface area contributed by atoms with Crippen LogP contribution in [-0.4, -0.2) is 43.0 Å². The van der Waals surface area contributed by atoms with E-state index >= 15 is 0 Å². The maximum atomic E-state index is 12.9. The van der Waals surface area contributed by atoms with E-state index in [0.29, 0.717) is 24.2 Å². The number of amides is 1. The first kappa shape index (κ1) is 24.7. The van der Waals surface area contributed by atoms with Crippen LogP contribution in [0, 0.1) is 0 Å². The Morgan fingerprint density at radius 2 is 1.73 bits per heavy atom. The number of thioether (sulfide) groups is 1. The molecule has 7 heteroatoms. The number of benzene rings is 2. The molecule has 1 aliphatic heterocycles. The zero-order chi connectivity index (χ0) is 24.2. The van der Waals surface area contributed by atoms with Gasteiger partial charge in [0.05, 0.1) is 12.8 Å². The van der Waals surface area contributed by atoms with Gasteiger partial charge in [-0.3, -0.25) is 4.90 Å². The van der Waals surface area contributed by atoms with Crippen LogP contribution in [0.2, 0.25) is 0 Å². The number of carbonyl (C=O) groups excluding carboxylic acids is 2. The Balaban J connectivity index is 1.98. The number of fused-ring (bicyclic) bond motifs is 1. The molecule has 0 saturated heterocycles. The Kier molecular flexibility index (Phi) is 7.74. The van der Waals surface area contributed by atoms with Crippen LogP contribution in [0.4, 0.5) is 10.5 Å². The molecule has 0 spiro atoms. The lowest BCUT2D eigenvalue weighted by Crippen LogP contribution is -2.37. The topological polar surface area (TPSA) is 65.1 Å². The molecule has 1 aliphatic rings. The minimum Gasteiger partial charge on any atom is -0.480 e. The lowest BCUT2D eigenvalue weighted by Gasteiger charge is -2.27. The molecule has 1 atom stereocenters. The summed E-state index contributed by atoms with van der Waals surface area (Å²) < 4.78 is 16.4. The highest BCUT2D eigenvalue weighted by Gasteiger charge is 2.28. The normalized spacial score (nSPS) is 14.5. The third-order valence-corrected chi connectivity index (χ3v) is 5.90. The summed E-state index contributed by atoms with van der Waals surface area (Å²) in [4.78, 5) is 26.8. The molecule has 0 aromatic heterocycles. The van der Waals surface area contributed by atoms with Gasteiger partial charge in [0.1, 0.15) is 16.8 Å². The highest BCUT2D eigenvalue weighted by molar-refractivity contribution is 7.99. The van der Waals surface area contributed by atoms with Crippen molar-refractivity contribution in [2.75, 3.05) is 24.8 Å². The van der Waals surface area contributed by atoms with E-state index in [1.165, 1.54) is 7.11 Å². The van der Waals surface area contributed by atoms with Gasteiger partial charge in [-0.05, 0) is 87.4 Å². The summed E-state index contributed by atoms with van der Waals surface area (Å²) in [6.07, 6.45) is 3.73. The fourth-order valence-corrected chi connectivity index (χ4v) is 3.68. The van der Waals surface area contributed by atoms with Gasteiger partial charge in [0.15, 0.2) is 0 Å². The van der Waals surface area contributed by atoms with Crippen LogP contribution in [0.15, 0.2) is 48.0 Å². The molecule has 3 rings (SSSR count). The third kappa shape index (κ3) is 6.32. The van der Waals surface area contributed by atoms with Crippen molar-refractivity contribution in [2.45, 2.75) is 45.2 Å². The van der Waals surface area contributed by atoms with Crippen LogP contribution in [0.25, 0.3) is 17.2 Å². The molecule has 0 radical (unpaired) electrons. The van der Waals surface area contributed by atoms with Crippen molar-refractivity contribution in [3.05, 3.63) is 53.6 Å². The van der Waals surface area contributed by atoms with Crippen molar-refractivity contribution in [1.29, 1.82) is 0 Å². The second-order valence-electron chi connectivity index (χ2n) is 8.76. The standard InChI is InChI=1S/C26H31NO5S/c1-17(33-6)31-22-10-7-18(8-11-22)19-9-12-23-21(15-19)16-20(24(28)30-5)13-14-27(23)25(29)32-26(2,3)4/h7-12,15-17H,13-14H2,1-6H3. The molecular formula is C26H31NO5S. The molecule has 0 saturated carbocycles. The van der Waals surface area contributed by atoms with E-state index in [4.69, 9.17) is 14.2 Å². The Bertz CT molecular complexity index is 1040. The van der Waals surface area contributed by atoms with E-state index in [-0.39, 0.29) is 5.44 Å². The molecule has 1 unspecified atom stereocenters. The number of nitrogens with zero attached hydrogens (tertiary/aromatic N) is 1. The summed E-state index contributed by atoms with van der Waals surface area (Å²) in [7, 11) is 1.36. The first-order chi connectivity index (χ1) is 15.6. The first-order valence-electron chi connectivity index (χ1n) is 10.8. The minimum atomic E-state index is -0.625. The number of ether oxygens (including phenoxy) is 3. The van der Waals surface area contributed by atoms with Crippen molar-refractivity contribution in [1.82, 2.24) is 0 Å². The molecular weight excluding hydrogens is 438 g/mol. The highest BCUT2D eigenvalue weighted by Crippen LogP contribution is 2.34. The minimum absolute atomic E-state index is 0.0732. The quantitative estimate of drug-likeness (QED) is 0.387. The van der Waals surface area contributed by atoms with Gasteiger partial charge < -0.3 is 14.2 Å². The average molecular weight is 470 g/mol. The van der Waals surface area contributed by atoms with E-state index in [0.717, 1.165) is 22.4 Å². The van der Waals surface area contributed by atoms with Gasteiger partial charge in [-0.25, -0.2) is 9.59 Å². The molecule has 2 aromatic carbocycles. The Hall–Kier alpha value is -2.93. The molecule has 1 heterocycles. The van der Waals surface area contributed by atoms with Crippen LogP contribution in [0.3, 0.4) is 0 Å². The highest BCUT2D eigenvalue weighted by atomic mass is 32.2. The molecule has 176 valence electrons. The van der Waals surface area contributed by atoms with Crippen LogP contribution >= 0.6 is 11.8 Å². The van der Waals surface area contributed by atoms with Crippen molar-refractivity contribution < 1.29 is 23.8 Å². The van der Waals surface area contributed by atoms with E-state index in [1.54, 1.807) is 22.7 Å². The molecule has 2 aromatic rings. The van der Waals surface area contributed by atoms with Gasteiger partial charge >= 0.3 is 12.1 Å². The monoisotopic (exact) mass is 469 g/mol. The second-order valence-corrected chi connectivity index (χ2v) is 9.90. The summed E-state index contributed by atoms with van der Waals surface area (Å²) in [6.45, 7) is 7.82. The number of hydrogen-bond acceptors (Lipinski definition) is 6. The third-order valence-electron chi connectivity index (χ3n) is 5.14. The second kappa shape index (κ2) is 10.3. The number of carbonyl (C=O) groups is 2. The molecule has 1 amide bonds. The first-order valence-corrected chi connectivity index (χ1v) is 12.1. The summed E-state index contributed by atoms with van der Waals surface area (Å²) in [6, 6.07) is 13.7. The zero-order valence-corrected chi connectivity index (χ0v) is 20.8. The summed E-state index contributed by atoms with van der Waals surface area (Å²) in [5.74, 6) is 0.404. The largest absolute Gasteiger partial charge is 0.480 e. The van der Waals surface area contributed by atoms with E-state index < -0.39 is 17.7 Å². The molecule has 0 aliphatic carbocycles.